The van der Waals surface area contributed by atoms with Crippen molar-refractivity contribution in [1.29, 1.82) is 0 Å². The van der Waals surface area contributed by atoms with E-state index in [1.54, 1.807) is 30.0 Å². The Hall–Kier alpha value is -2.39. The zero-order valence-corrected chi connectivity index (χ0v) is 17.3. The molecule has 28 heavy (non-hydrogen) atoms. The van der Waals surface area contributed by atoms with E-state index in [0.29, 0.717) is 17.3 Å². The number of nitrogens with zero attached hydrogens (tertiary/aromatic N) is 3. The first-order valence-electron chi connectivity index (χ1n) is 8.65. The Morgan fingerprint density at radius 2 is 2.25 bits per heavy atom. The van der Waals surface area contributed by atoms with Crippen molar-refractivity contribution in [2.75, 3.05) is 32.3 Å². The van der Waals surface area contributed by atoms with Crippen LogP contribution in [0.3, 0.4) is 0 Å². The molecule has 1 aliphatic rings. The minimum Gasteiger partial charge on any atom is -0.497 e. The smallest absolute Gasteiger partial charge is 0.333 e. The molecule has 0 unspecified atom stereocenters. The van der Waals surface area contributed by atoms with E-state index in [-0.39, 0.29) is 5.91 Å². The zero-order chi connectivity index (χ0) is 19.9. The summed E-state index contributed by atoms with van der Waals surface area (Å²) in [7, 11) is 2.97. The van der Waals surface area contributed by atoms with E-state index in [2.05, 4.69) is 9.72 Å². The predicted octanol–water partition coefficient (Wildman–Crippen LogP) is 2.95. The normalized spacial score (nSPS) is 15.3. The highest BCUT2D eigenvalue weighted by atomic mass is 32.2. The summed E-state index contributed by atoms with van der Waals surface area (Å²) >= 11 is 2.98. The molecule has 2 aromatic rings. The first-order chi connectivity index (χ1) is 13.6. The molecule has 0 N–H and O–H groups in total. The molecule has 0 atom stereocenters. The summed E-state index contributed by atoms with van der Waals surface area (Å²) in [5.41, 5.74) is 0.980. The quantitative estimate of drug-likeness (QED) is 0.282. The van der Waals surface area contributed by atoms with Crippen molar-refractivity contribution in [3.8, 4) is 11.4 Å². The number of imidazole rings is 1. The molecule has 1 amide bonds. The van der Waals surface area contributed by atoms with Crippen LogP contribution >= 0.6 is 23.5 Å². The van der Waals surface area contributed by atoms with Crippen molar-refractivity contribution in [2.24, 2.45) is 0 Å². The number of aromatic nitrogens is 2. The molecule has 3 rings (SSSR count). The van der Waals surface area contributed by atoms with Crippen LogP contribution in [0, 0.1) is 0 Å². The Morgan fingerprint density at radius 1 is 1.39 bits per heavy atom. The van der Waals surface area contributed by atoms with Crippen molar-refractivity contribution >= 4 is 35.4 Å². The number of methoxy groups -OCH3 is 2. The molecule has 0 radical (unpaired) electrons. The first kappa shape index (κ1) is 20.3. The molecule has 1 saturated heterocycles. The van der Waals surface area contributed by atoms with Crippen molar-refractivity contribution in [2.45, 2.75) is 11.6 Å². The van der Waals surface area contributed by atoms with Crippen LogP contribution in [0.15, 0.2) is 52.9 Å². The number of amides is 1. The Balaban J connectivity index is 1.57. The lowest BCUT2D eigenvalue weighted by Crippen LogP contribution is -2.26. The standard InChI is InChI=1S/C19H21N3O4S2/c1-25-15-6-3-5-14(11-15)21-9-7-20-19(21)27-10-4-8-22-16(23)13-28-17(22)12-18(24)26-2/h3,5-7,9,11-12H,4,8,10,13H2,1-2H3/b17-12-. The fourth-order valence-corrected chi connectivity index (χ4v) is 4.52. The second-order valence-electron chi connectivity index (χ2n) is 5.82. The summed E-state index contributed by atoms with van der Waals surface area (Å²) in [4.78, 5) is 29.6. The van der Waals surface area contributed by atoms with Gasteiger partial charge in [-0.25, -0.2) is 9.78 Å². The molecule has 0 spiro atoms. The number of ether oxygens (including phenoxy) is 2. The van der Waals surface area contributed by atoms with Crippen molar-refractivity contribution in [1.82, 2.24) is 14.5 Å². The highest BCUT2D eigenvalue weighted by molar-refractivity contribution is 8.04. The maximum atomic E-state index is 12.1. The van der Waals surface area contributed by atoms with E-state index in [1.807, 2.05) is 35.0 Å². The van der Waals surface area contributed by atoms with E-state index in [1.165, 1.54) is 24.9 Å². The minimum atomic E-state index is -0.447. The first-order valence-corrected chi connectivity index (χ1v) is 10.6. The molecular weight excluding hydrogens is 398 g/mol. The Morgan fingerprint density at radius 3 is 3.04 bits per heavy atom. The lowest BCUT2D eigenvalue weighted by molar-refractivity contribution is -0.134. The van der Waals surface area contributed by atoms with E-state index < -0.39 is 5.97 Å². The van der Waals surface area contributed by atoms with Crippen molar-refractivity contribution in [3.63, 3.8) is 0 Å². The van der Waals surface area contributed by atoms with Crippen LogP contribution in [0.2, 0.25) is 0 Å². The lowest BCUT2D eigenvalue weighted by atomic mass is 10.3. The third-order valence-corrected chi connectivity index (χ3v) is 6.13. The molecule has 1 fully saturated rings. The van der Waals surface area contributed by atoms with Gasteiger partial charge in [0.25, 0.3) is 0 Å². The summed E-state index contributed by atoms with van der Waals surface area (Å²) in [6.45, 7) is 0.557. The number of hydrogen-bond donors (Lipinski definition) is 0. The van der Waals surface area contributed by atoms with E-state index in [9.17, 15) is 9.59 Å². The van der Waals surface area contributed by atoms with E-state index in [4.69, 9.17) is 4.74 Å². The fourth-order valence-electron chi connectivity index (χ4n) is 2.67. The van der Waals surface area contributed by atoms with Crippen LogP contribution in [-0.4, -0.2) is 58.6 Å². The summed E-state index contributed by atoms with van der Waals surface area (Å²) in [5.74, 6) is 1.51. The van der Waals surface area contributed by atoms with Crippen molar-refractivity contribution < 1.29 is 19.1 Å². The van der Waals surface area contributed by atoms with Gasteiger partial charge in [0.2, 0.25) is 5.91 Å². The number of carbonyl (C=O) groups is 2. The Labute approximate surface area is 172 Å². The zero-order valence-electron chi connectivity index (χ0n) is 15.7. The van der Waals surface area contributed by atoms with Gasteiger partial charge in [0, 0.05) is 30.8 Å². The maximum absolute atomic E-state index is 12.1. The van der Waals surface area contributed by atoms with Crippen LogP contribution in [0.4, 0.5) is 0 Å². The Kier molecular flexibility index (Phi) is 7.05. The van der Waals surface area contributed by atoms with Crippen molar-refractivity contribution in [3.05, 3.63) is 47.8 Å². The molecule has 148 valence electrons. The van der Waals surface area contributed by atoms with Gasteiger partial charge in [0.15, 0.2) is 5.16 Å². The summed E-state index contributed by atoms with van der Waals surface area (Å²) in [6, 6.07) is 7.79. The second-order valence-corrected chi connectivity index (χ2v) is 7.88. The number of benzene rings is 1. The van der Waals surface area contributed by atoms with E-state index in [0.717, 1.165) is 28.8 Å². The number of hydrogen-bond acceptors (Lipinski definition) is 7. The molecule has 7 nitrogen and oxygen atoms in total. The lowest BCUT2D eigenvalue weighted by Gasteiger charge is -2.16. The van der Waals surface area contributed by atoms with E-state index >= 15 is 0 Å². The van der Waals surface area contributed by atoms with Crippen LogP contribution in [0.1, 0.15) is 6.42 Å². The number of esters is 1. The molecular formula is C19H21N3O4S2. The number of carbonyl (C=O) groups excluding carboxylic acids is 2. The molecule has 0 bridgehead atoms. The number of thioether (sulfide) groups is 2. The van der Waals surface area contributed by atoms with Gasteiger partial charge in [0.1, 0.15) is 5.75 Å². The topological polar surface area (TPSA) is 73.7 Å². The van der Waals surface area contributed by atoms with Crippen LogP contribution in [-0.2, 0) is 14.3 Å². The average Bonchev–Trinajstić information content (AvgIpc) is 3.32. The summed E-state index contributed by atoms with van der Waals surface area (Å²) in [6.07, 6.45) is 5.83. The molecule has 0 aliphatic carbocycles. The van der Waals surface area contributed by atoms with Gasteiger partial charge in [-0.1, -0.05) is 29.6 Å². The average molecular weight is 420 g/mol. The van der Waals surface area contributed by atoms with Crippen LogP contribution < -0.4 is 4.74 Å². The third kappa shape index (κ3) is 4.90. The highest BCUT2D eigenvalue weighted by Gasteiger charge is 2.26. The predicted molar refractivity (Wildman–Crippen MR) is 110 cm³/mol. The fraction of sp³-hybridized carbons (Fsp3) is 0.316. The summed E-state index contributed by atoms with van der Waals surface area (Å²) < 4.78 is 11.9. The monoisotopic (exact) mass is 419 g/mol. The molecule has 1 aromatic carbocycles. The molecule has 9 heteroatoms. The number of rotatable bonds is 8. The second kappa shape index (κ2) is 9.70. The van der Waals surface area contributed by atoms with Crippen LogP contribution in [0.25, 0.3) is 5.69 Å². The molecule has 1 aliphatic heterocycles. The largest absolute Gasteiger partial charge is 0.497 e. The maximum Gasteiger partial charge on any atom is 0.333 e. The summed E-state index contributed by atoms with van der Waals surface area (Å²) in [5, 5.41) is 1.53. The van der Waals surface area contributed by atoms with Gasteiger partial charge in [0.05, 0.1) is 36.8 Å². The molecule has 1 aromatic heterocycles. The Bertz CT molecular complexity index is 882. The van der Waals surface area contributed by atoms with Gasteiger partial charge in [-0.2, -0.15) is 0 Å². The molecule has 2 heterocycles. The van der Waals surface area contributed by atoms with Gasteiger partial charge in [-0.3, -0.25) is 9.36 Å². The van der Waals surface area contributed by atoms with Crippen LogP contribution in [0.5, 0.6) is 5.75 Å². The van der Waals surface area contributed by atoms with Gasteiger partial charge in [-0.05, 0) is 18.6 Å². The van der Waals surface area contributed by atoms with Gasteiger partial charge in [-0.15, -0.1) is 0 Å². The highest BCUT2D eigenvalue weighted by Crippen LogP contribution is 2.29. The molecule has 0 saturated carbocycles. The van der Waals surface area contributed by atoms with Gasteiger partial charge >= 0.3 is 5.97 Å². The third-order valence-electron chi connectivity index (χ3n) is 4.05. The SMILES string of the molecule is COC(=O)/C=C1\SCC(=O)N1CCCSc1nccn1-c1cccc(OC)c1. The minimum absolute atomic E-state index is 0.0167. The van der Waals surface area contributed by atoms with Gasteiger partial charge < -0.3 is 14.4 Å².